The summed E-state index contributed by atoms with van der Waals surface area (Å²) in [7, 11) is 0. The normalized spacial score (nSPS) is 12.5. The average Bonchev–Trinajstić information content (AvgIpc) is 3.00. The van der Waals surface area contributed by atoms with Gasteiger partial charge in [-0.25, -0.2) is 9.59 Å². The van der Waals surface area contributed by atoms with Crippen molar-refractivity contribution < 1.29 is 34.1 Å². The number of ether oxygens (including phenoxy) is 2. The van der Waals surface area contributed by atoms with Crippen LogP contribution in [-0.4, -0.2) is 66.6 Å². The lowest BCUT2D eigenvalue weighted by Gasteiger charge is -2.23. The molecule has 0 aromatic heterocycles. The van der Waals surface area contributed by atoms with E-state index >= 15 is 0 Å². The van der Waals surface area contributed by atoms with Crippen molar-refractivity contribution in [1.82, 2.24) is 5.32 Å². The number of hydrogen-bond donors (Lipinski definition) is 4. The van der Waals surface area contributed by atoms with Crippen LogP contribution in [0.15, 0.2) is 60.7 Å². The Balaban J connectivity index is 1.38. The Kier molecular flexibility index (Phi) is 14.9. The fourth-order valence-corrected chi connectivity index (χ4v) is 4.99. The molecular weight excluding hydrogens is 584 g/mol. The molecular formula is C34H43ClN2O7. The molecule has 3 aromatic rings. The largest absolute Gasteiger partial charge is 0.480 e. The summed E-state index contributed by atoms with van der Waals surface area (Å²) in [4.78, 5) is 35.8. The van der Waals surface area contributed by atoms with Crippen LogP contribution < -0.4 is 10.6 Å². The molecule has 0 bridgehead atoms. The molecule has 0 saturated carbocycles. The molecule has 3 rings (SSSR count). The van der Waals surface area contributed by atoms with Gasteiger partial charge in [-0.3, -0.25) is 4.79 Å². The average molecular weight is 627 g/mol. The Hall–Kier alpha value is -3.66. The molecule has 0 aliphatic heterocycles. The van der Waals surface area contributed by atoms with E-state index in [1.807, 2.05) is 37.3 Å². The maximum absolute atomic E-state index is 12.9. The molecule has 10 heteroatoms. The highest BCUT2D eigenvalue weighted by Gasteiger charge is 2.36. The summed E-state index contributed by atoms with van der Waals surface area (Å²) in [6, 6.07) is 20.6. The standard InChI is InChI=1S/C34H43ClN2O7/c1-24-14-17-28(22-29(24)35)36-18-9-4-10-20-43-31(32(34(41)42)44-23-30(38)39)33(40)37-19-8-3-2-5-11-25-15-16-26-12-6-7-13-27(26)21-25/h6-7,12-17,21-22,31-32,36H,2-5,8-11,18-20,23H2,1H3,(H,37,40)(H,38,39)(H,41,42). The number of aliphatic carboxylic acids is 2. The molecule has 0 heterocycles. The number of unbranched alkanes of at least 4 members (excludes halogenated alkanes) is 5. The monoisotopic (exact) mass is 626 g/mol. The second-order valence-corrected chi connectivity index (χ2v) is 11.3. The van der Waals surface area contributed by atoms with Gasteiger partial charge in [-0.2, -0.15) is 0 Å². The number of nitrogens with one attached hydrogen (secondary N) is 2. The first-order chi connectivity index (χ1) is 21.2. The number of carbonyl (C=O) groups is 3. The van der Waals surface area contributed by atoms with E-state index in [0.29, 0.717) is 24.5 Å². The predicted molar refractivity (Wildman–Crippen MR) is 172 cm³/mol. The zero-order valence-electron chi connectivity index (χ0n) is 25.2. The zero-order valence-corrected chi connectivity index (χ0v) is 26.0. The Morgan fingerprint density at radius 1 is 0.795 bits per heavy atom. The third-order valence-corrected chi connectivity index (χ3v) is 7.70. The van der Waals surface area contributed by atoms with Gasteiger partial charge in [0.1, 0.15) is 6.61 Å². The second kappa shape index (κ2) is 18.9. The maximum Gasteiger partial charge on any atom is 0.336 e. The van der Waals surface area contributed by atoms with E-state index in [9.17, 15) is 19.5 Å². The van der Waals surface area contributed by atoms with Crippen LogP contribution in [0.4, 0.5) is 5.69 Å². The van der Waals surface area contributed by atoms with Crippen LogP contribution >= 0.6 is 11.6 Å². The van der Waals surface area contributed by atoms with E-state index in [2.05, 4.69) is 41.0 Å². The quantitative estimate of drug-likeness (QED) is 0.102. The third-order valence-electron chi connectivity index (χ3n) is 7.29. The molecule has 0 fully saturated rings. The molecule has 0 aliphatic rings. The van der Waals surface area contributed by atoms with E-state index in [4.69, 9.17) is 26.2 Å². The van der Waals surface area contributed by atoms with E-state index < -0.39 is 36.7 Å². The van der Waals surface area contributed by atoms with Crippen LogP contribution in [-0.2, 0) is 30.3 Å². The van der Waals surface area contributed by atoms with Gasteiger partial charge in [0.25, 0.3) is 5.91 Å². The molecule has 238 valence electrons. The molecule has 2 unspecified atom stereocenters. The summed E-state index contributed by atoms with van der Waals surface area (Å²) in [5, 5.41) is 27.8. The lowest BCUT2D eigenvalue weighted by atomic mass is 10.0. The van der Waals surface area contributed by atoms with Crippen molar-refractivity contribution in [2.24, 2.45) is 0 Å². The molecule has 4 N–H and O–H groups in total. The van der Waals surface area contributed by atoms with Crippen LogP contribution in [0.3, 0.4) is 0 Å². The number of carbonyl (C=O) groups excluding carboxylic acids is 1. The summed E-state index contributed by atoms with van der Waals surface area (Å²) in [5.74, 6) is -3.42. The highest BCUT2D eigenvalue weighted by Crippen LogP contribution is 2.20. The van der Waals surface area contributed by atoms with Gasteiger partial charge >= 0.3 is 11.9 Å². The van der Waals surface area contributed by atoms with Crippen molar-refractivity contribution in [3.8, 4) is 0 Å². The van der Waals surface area contributed by atoms with Crippen molar-refractivity contribution in [1.29, 1.82) is 0 Å². The minimum Gasteiger partial charge on any atom is -0.480 e. The number of benzene rings is 3. The number of amides is 1. The van der Waals surface area contributed by atoms with E-state index in [1.54, 1.807) is 0 Å². The van der Waals surface area contributed by atoms with Gasteiger partial charge < -0.3 is 30.3 Å². The molecule has 1 amide bonds. The van der Waals surface area contributed by atoms with E-state index in [0.717, 1.165) is 56.2 Å². The van der Waals surface area contributed by atoms with E-state index in [1.165, 1.54) is 16.3 Å². The lowest BCUT2D eigenvalue weighted by molar-refractivity contribution is -0.172. The Bertz CT molecular complexity index is 1370. The number of carboxylic acids is 2. The van der Waals surface area contributed by atoms with Gasteiger partial charge in [-0.05, 0) is 79.5 Å². The molecule has 3 aromatic carbocycles. The van der Waals surface area contributed by atoms with Crippen molar-refractivity contribution in [3.05, 3.63) is 76.8 Å². The SMILES string of the molecule is Cc1ccc(NCCCCCOC(C(=O)NCCCCCCc2ccc3ccccc3c2)C(OCC(=O)O)C(=O)O)cc1Cl. The fraction of sp³-hybridized carbons (Fsp3) is 0.441. The van der Waals surface area contributed by atoms with Crippen LogP contribution in [0.5, 0.6) is 0 Å². The molecule has 44 heavy (non-hydrogen) atoms. The fourth-order valence-electron chi connectivity index (χ4n) is 4.81. The number of anilines is 1. The van der Waals surface area contributed by atoms with Gasteiger partial charge in [0, 0.05) is 30.4 Å². The summed E-state index contributed by atoms with van der Waals surface area (Å²) in [5.41, 5.74) is 3.23. The van der Waals surface area contributed by atoms with Crippen molar-refractivity contribution in [2.45, 2.75) is 70.5 Å². The van der Waals surface area contributed by atoms with Gasteiger partial charge in [-0.1, -0.05) is 73.0 Å². The summed E-state index contributed by atoms with van der Waals surface area (Å²) in [6.07, 6.45) is 3.60. The maximum atomic E-state index is 12.9. The van der Waals surface area contributed by atoms with Crippen LogP contribution in [0.1, 0.15) is 56.1 Å². The first-order valence-electron chi connectivity index (χ1n) is 15.2. The van der Waals surface area contributed by atoms with Gasteiger partial charge in [0.05, 0.1) is 0 Å². The lowest BCUT2D eigenvalue weighted by Crippen LogP contribution is -2.49. The number of carboxylic acid groups (broad SMARTS) is 2. The Labute approximate surface area is 263 Å². The van der Waals surface area contributed by atoms with Crippen molar-refractivity contribution in [3.63, 3.8) is 0 Å². The van der Waals surface area contributed by atoms with Gasteiger partial charge in [-0.15, -0.1) is 0 Å². The number of hydrogen-bond acceptors (Lipinski definition) is 6. The van der Waals surface area contributed by atoms with Gasteiger partial charge in [0.15, 0.2) is 12.2 Å². The minimum atomic E-state index is -1.74. The van der Waals surface area contributed by atoms with Crippen LogP contribution in [0, 0.1) is 6.92 Å². The van der Waals surface area contributed by atoms with Crippen LogP contribution in [0.2, 0.25) is 5.02 Å². The topological polar surface area (TPSA) is 134 Å². The molecule has 0 spiro atoms. The summed E-state index contributed by atoms with van der Waals surface area (Å²) in [6.45, 7) is 2.29. The first-order valence-corrected chi connectivity index (χ1v) is 15.6. The number of aryl methyl sites for hydroxylation is 2. The number of halogens is 1. The highest BCUT2D eigenvalue weighted by atomic mass is 35.5. The highest BCUT2D eigenvalue weighted by molar-refractivity contribution is 6.31. The summed E-state index contributed by atoms with van der Waals surface area (Å²) < 4.78 is 10.7. The molecule has 0 aliphatic carbocycles. The zero-order chi connectivity index (χ0) is 31.7. The Morgan fingerprint density at radius 2 is 1.52 bits per heavy atom. The Morgan fingerprint density at radius 3 is 2.27 bits per heavy atom. The summed E-state index contributed by atoms with van der Waals surface area (Å²) >= 11 is 6.16. The van der Waals surface area contributed by atoms with Crippen molar-refractivity contribution >= 4 is 45.9 Å². The van der Waals surface area contributed by atoms with Crippen LogP contribution in [0.25, 0.3) is 10.8 Å². The van der Waals surface area contributed by atoms with E-state index in [-0.39, 0.29) is 6.61 Å². The second-order valence-electron chi connectivity index (χ2n) is 10.8. The first kappa shape index (κ1) is 34.8. The smallest absolute Gasteiger partial charge is 0.336 e. The molecule has 2 atom stereocenters. The van der Waals surface area contributed by atoms with Crippen molar-refractivity contribution in [2.75, 3.05) is 31.6 Å². The number of rotatable bonds is 21. The molecule has 9 nitrogen and oxygen atoms in total. The third kappa shape index (κ3) is 12.1. The molecule has 0 radical (unpaired) electrons. The molecule has 0 saturated heterocycles. The number of fused-ring (bicyclic) bond motifs is 1. The van der Waals surface area contributed by atoms with Gasteiger partial charge in [0.2, 0.25) is 0 Å². The predicted octanol–water partition coefficient (Wildman–Crippen LogP) is 6.24. The minimum absolute atomic E-state index is 0.128.